The van der Waals surface area contributed by atoms with Crippen LogP contribution in [0.4, 0.5) is 15.3 Å². The molecule has 1 heterocycles. The van der Waals surface area contributed by atoms with E-state index in [-0.39, 0.29) is 24.0 Å². The van der Waals surface area contributed by atoms with Crippen molar-refractivity contribution < 1.29 is 14.4 Å². The molecule has 1 saturated heterocycles. The lowest BCUT2D eigenvalue weighted by atomic mass is 10.0. The van der Waals surface area contributed by atoms with Crippen LogP contribution in [0, 0.1) is 6.92 Å². The molecule has 5 amide bonds. The second kappa shape index (κ2) is 11.5. The van der Waals surface area contributed by atoms with Crippen LogP contribution < -0.4 is 16.0 Å². The third-order valence-electron chi connectivity index (χ3n) is 5.77. The van der Waals surface area contributed by atoms with Gasteiger partial charge in [-0.3, -0.25) is 4.79 Å². The normalized spacial score (nSPS) is 16.7. The maximum absolute atomic E-state index is 13.5. The van der Waals surface area contributed by atoms with E-state index in [1.165, 1.54) is 0 Å². The number of piperazine rings is 1. The van der Waals surface area contributed by atoms with Crippen molar-refractivity contribution in [1.29, 1.82) is 0 Å². The number of urea groups is 2. The third-order valence-corrected chi connectivity index (χ3v) is 5.77. The molecule has 1 aliphatic heterocycles. The largest absolute Gasteiger partial charge is 0.337 e. The number of hydrogen-bond acceptors (Lipinski definition) is 3. The summed E-state index contributed by atoms with van der Waals surface area (Å²) >= 11 is 0. The molecule has 34 heavy (non-hydrogen) atoms. The first-order chi connectivity index (χ1) is 16.2. The smallest absolute Gasteiger partial charge is 0.319 e. The molecule has 2 unspecified atom stereocenters. The average Bonchev–Trinajstić information content (AvgIpc) is 2.78. The molecular formula is C26H35N5O3. The average molecular weight is 466 g/mol. The van der Waals surface area contributed by atoms with Gasteiger partial charge < -0.3 is 25.8 Å². The van der Waals surface area contributed by atoms with Gasteiger partial charge in [-0.1, -0.05) is 42.5 Å². The van der Waals surface area contributed by atoms with E-state index in [9.17, 15) is 14.4 Å². The van der Waals surface area contributed by atoms with Crippen LogP contribution in [0.3, 0.4) is 0 Å². The molecule has 0 aromatic heterocycles. The van der Waals surface area contributed by atoms with Crippen LogP contribution in [0.1, 0.15) is 31.9 Å². The molecule has 0 spiro atoms. The van der Waals surface area contributed by atoms with Crippen LogP contribution in [0.5, 0.6) is 0 Å². The summed E-state index contributed by atoms with van der Waals surface area (Å²) < 4.78 is 0. The Morgan fingerprint density at radius 1 is 1.00 bits per heavy atom. The Morgan fingerprint density at radius 2 is 1.74 bits per heavy atom. The Hall–Kier alpha value is -3.55. The fourth-order valence-electron chi connectivity index (χ4n) is 4.11. The number of benzene rings is 2. The number of carbonyl (C=O) groups is 3. The van der Waals surface area contributed by atoms with Gasteiger partial charge in [0.2, 0.25) is 5.91 Å². The van der Waals surface area contributed by atoms with Crippen LogP contribution >= 0.6 is 0 Å². The van der Waals surface area contributed by atoms with Crippen molar-refractivity contribution in [2.45, 2.75) is 52.2 Å². The number of aryl methyl sites for hydroxylation is 1. The highest BCUT2D eigenvalue weighted by atomic mass is 16.2. The number of nitrogens with zero attached hydrogens (tertiary/aromatic N) is 2. The molecule has 2 aromatic rings. The van der Waals surface area contributed by atoms with Crippen molar-refractivity contribution in [3.8, 4) is 0 Å². The SMILES string of the molecule is Cc1cccc(NC(=O)NC(Cc2ccccc2)C(=O)N2CCN(C(=O)NC(C)C)C(C)C2)c1. The van der Waals surface area contributed by atoms with Crippen molar-refractivity contribution in [2.24, 2.45) is 0 Å². The van der Waals surface area contributed by atoms with Crippen LogP contribution in [0.25, 0.3) is 0 Å². The molecule has 2 atom stereocenters. The Balaban J connectivity index is 1.69. The third kappa shape index (κ3) is 6.97. The number of anilines is 1. The summed E-state index contributed by atoms with van der Waals surface area (Å²) in [5, 5.41) is 8.61. The Bertz CT molecular complexity index is 995. The standard InChI is InChI=1S/C26H35N5O3/c1-18(2)27-26(34)31-14-13-30(17-20(31)4)24(32)23(16-21-10-6-5-7-11-21)29-25(33)28-22-12-8-9-19(3)15-22/h5-12,15,18,20,23H,13-14,16-17H2,1-4H3,(H,27,34)(H2,28,29,33). The van der Waals surface area contributed by atoms with E-state index < -0.39 is 12.1 Å². The van der Waals surface area contributed by atoms with Crippen LogP contribution in [0.2, 0.25) is 0 Å². The number of amides is 5. The van der Waals surface area contributed by atoms with Gasteiger partial charge in [-0.2, -0.15) is 0 Å². The van der Waals surface area contributed by atoms with Crippen molar-refractivity contribution in [3.63, 3.8) is 0 Å². The molecule has 1 fully saturated rings. The first-order valence-corrected chi connectivity index (χ1v) is 11.8. The zero-order chi connectivity index (χ0) is 24.7. The molecule has 3 N–H and O–H groups in total. The lowest BCUT2D eigenvalue weighted by Gasteiger charge is -2.41. The zero-order valence-electron chi connectivity index (χ0n) is 20.4. The molecule has 0 saturated carbocycles. The summed E-state index contributed by atoms with van der Waals surface area (Å²) in [6.07, 6.45) is 0.378. The highest BCUT2D eigenvalue weighted by molar-refractivity contribution is 5.94. The highest BCUT2D eigenvalue weighted by Gasteiger charge is 2.33. The molecule has 182 valence electrons. The van der Waals surface area contributed by atoms with Gasteiger partial charge in [0.15, 0.2) is 0 Å². The van der Waals surface area contributed by atoms with Gasteiger partial charge in [0, 0.05) is 43.8 Å². The van der Waals surface area contributed by atoms with Gasteiger partial charge >= 0.3 is 12.1 Å². The minimum absolute atomic E-state index is 0.0470. The van der Waals surface area contributed by atoms with Crippen molar-refractivity contribution >= 4 is 23.7 Å². The predicted molar refractivity (Wildman–Crippen MR) is 134 cm³/mol. The monoisotopic (exact) mass is 465 g/mol. The number of rotatable bonds is 6. The predicted octanol–water partition coefficient (Wildman–Crippen LogP) is 3.38. The topological polar surface area (TPSA) is 93.8 Å². The number of nitrogens with one attached hydrogen (secondary N) is 3. The minimum atomic E-state index is -0.726. The van der Waals surface area contributed by atoms with Gasteiger partial charge in [0.25, 0.3) is 0 Å². The number of hydrogen-bond donors (Lipinski definition) is 3. The van der Waals surface area contributed by atoms with E-state index >= 15 is 0 Å². The van der Waals surface area contributed by atoms with Gasteiger partial charge in [-0.25, -0.2) is 9.59 Å². The molecule has 0 bridgehead atoms. The fourth-order valence-corrected chi connectivity index (χ4v) is 4.11. The number of carbonyl (C=O) groups excluding carboxylic acids is 3. The van der Waals surface area contributed by atoms with Crippen molar-refractivity contribution in [1.82, 2.24) is 20.4 Å². The summed E-state index contributed by atoms with van der Waals surface area (Å²) in [5.74, 6) is -0.154. The van der Waals surface area contributed by atoms with E-state index in [0.717, 1.165) is 11.1 Å². The Kier molecular flexibility index (Phi) is 8.51. The maximum Gasteiger partial charge on any atom is 0.319 e. The maximum atomic E-state index is 13.5. The first kappa shape index (κ1) is 25.1. The van der Waals surface area contributed by atoms with E-state index in [1.54, 1.807) is 9.80 Å². The second-order valence-electron chi connectivity index (χ2n) is 9.14. The van der Waals surface area contributed by atoms with E-state index in [2.05, 4.69) is 16.0 Å². The first-order valence-electron chi connectivity index (χ1n) is 11.8. The zero-order valence-corrected chi connectivity index (χ0v) is 20.4. The van der Waals surface area contributed by atoms with Crippen molar-refractivity contribution in [3.05, 3.63) is 65.7 Å². The fraction of sp³-hybridized carbons (Fsp3) is 0.423. The highest BCUT2D eigenvalue weighted by Crippen LogP contribution is 2.14. The van der Waals surface area contributed by atoms with E-state index in [4.69, 9.17) is 0 Å². The molecule has 8 heteroatoms. The minimum Gasteiger partial charge on any atom is -0.337 e. The second-order valence-corrected chi connectivity index (χ2v) is 9.14. The van der Waals surface area contributed by atoms with Crippen LogP contribution in [0.15, 0.2) is 54.6 Å². The lowest BCUT2D eigenvalue weighted by molar-refractivity contribution is -0.135. The quantitative estimate of drug-likeness (QED) is 0.611. The Morgan fingerprint density at radius 3 is 2.38 bits per heavy atom. The molecule has 0 aliphatic carbocycles. The van der Waals surface area contributed by atoms with Gasteiger partial charge in [-0.05, 0) is 51.0 Å². The van der Waals surface area contributed by atoms with Crippen molar-refractivity contribution in [2.75, 3.05) is 25.0 Å². The van der Waals surface area contributed by atoms with Crippen LogP contribution in [-0.4, -0.2) is 65.5 Å². The molecule has 8 nitrogen and oxygen atoms in total. The molecule has 2 aromatic carbocycles. The molecule has 0 radical (unpaired) electrons. The summed E-state index contributed by atoms with van der Waals surface area (Å²) in [7, 11) is 0. The van der Waals surface area contributed by atoms with Gasteiger partial charge in [0.1, 0.15) is 6.04 Å². The lowest BCUT2D eigenvalue weighted by Crippen LogP contribution is -2.61. The van der Waals surface area contributed by atoms with Gasteiger partial charge in [-0.15, -0.1) is 0 Å². The summed E-state index contributed by atoms with van der Waals surface area (Å²) in [5.41, 5.74) is 2.66. The van der Waals surface area contributed by atoms with E-state index in [1.807, 2.05) is 82.3 Å². The molecule has 1 aliphatic rings. The molecular weight excluding hydrogens is 430 g/mol. The van der Waals surface area contributed by atoms with Crippen LogP contribution in [-0.2, 0) is 11.2 Å². The van der Waals surface area contributed by atoms with Gasteiger partial charge in [0.05, 0.1) is 0 Å². The summed E-state index contributed by atoms with van der Waals surface area (Å²) in [4.78, 5) is 42.2. The summed E-state index contributed by atoms with van der Waals surface area (Å²) in [6, 6.07) is 15.8. The summed E-state index contributed by atoms with van der Waals surface area (Å²) in [6.45, 7) is 9.00. The Labute approximate surface area is 201 Å². The van der Waals surface area contributed by atoms with E-state index in [0.29, 0.717) is 31.7 Å². The molecule has 3 rings (SSSR count).